The number of nitrogen functional groups attached to an aromatic ring is 1. The number of hydrogen-bond donors (Lipinski definition) is 2. The topological polar surface area (TPSA) is 84.4 Å². The van der Waals surface area contributed by atoms with Gasteiger partial charge in [0.05, 0.1) is 36.8 Å². The number of fused-ring (bicyclic) bond motifs is 1. The summed E-state index contributed by atoms with van der Waals surface area (Å²) in [5, 5.41) is 15.1. The van der Waals surface area contributed by atoms with Gasteiger partial charge in [0, 0.05) is 6.54 Å². The standard InChI is InChI=1S/C12H14N4O2S/c13-10-1-4-19-11(10)12(18)15-2-3-16-9(6-15)5-8(7-17)14-16/h1,4-5,17H,2-3,6-7,13H2. The number of carbonyl (C=O) groups excluding carboxylic acids is 1. The number of aliphatic hydroxyl groups excluding tert-OH is 1. The van der Waals surface area contributed by atoms with Crippen molar-refractivity contribution in [3.63, 3.8) is 0 Å². The molecule has 0 unspecified atom stereocenters. The minimum atomic E-state index is -0.0776. The summed E-state index contributed by atoms with van der Waals surface area (Å²) in [6.07, 6.45) is 0. The molecule has 100 valence electrons. The highest BCUT2D eigenvalue weighted by molar-refractivity contribution is 7.12. The Hall–Kier alpha value is -1.86. The van der Waals surface area contributed by atoms with Gasteiger partial charge in [0.2, 0.25) is 0 Å². The summed E-state index contributed by atoms with van der Waals surface area (Å²) in [5.74, 6) is -0.0366. The smallest absolute Gasteiger partial charge is 0.266 e. The zero-order valence-corrected chi connectivity index (χ0v) is 11.1. The maximum absolute atomic E-state index is 12.3. The van der Waals surface area contributed by atoms with Gasteiger partial charge in [-0.05, 0) is 17.5 Å². The van der Waals surface area contributed by atoms with E-state index in [0.717, 1.165) is 5.69 Å². The predicted octanol–water partition coefficient (Wildman–Crippen LogP) is 0.675. The molecule has 2 aromatic heterocycles. The van der Waals surface area contributed by atoms with Gasteiger partial charge >= 0.3 is 0 Å². The lowest BCUT2D eigenvalue weighted by molar-refractivity contribution is 0.0712. The van der Waals surface area contributed by atoms with Crippen LogP contribution in [0, 0.1) is 0 Å². The van der Waals surface area contributed by atoms with Crippen molar-refractivity contribution in [2.75, 3.05) is 12.3 Å². The van der Waals surface area contributed by atoms with Crippen molar-refractivity contribution in [1.29, 1.82) is 0 Å². The van der Waals surface area contributed by atoms with Gasteiger partial charge in [-0.25, -0.2) is 0 Å². The van der Waals surface area contributed by atoms with Crippen LogP contribution in [-0.2, 0) is 19.7 Å². The van der Waals surface area contributed by atoms with Gasteiger partial charge in [-0.1, -0.05) is 0 Å². The molecule has 0 aromatic carbocycles. The fourth-order valence-corrected chi connectivity index (χ4v) is 3.00. The van der Waals surface area contributed by atoms with Crippen LogP contribution in [-0.4, -0.2) is 32.2 Å². The van der Waals surface area contributed by atoms with E-state index in [1.807, 2.05) is 16.1 Å². The number of amides is 1. The molecule has 1 amide bonds. The molecule has 3 rings (SSSR count). The molecule has 1 aliphatic heterocycles. The second-order valence-electron chi connectivity index (χ2n) is 4.44. The van der Waals surface area contributed by atoms with Gasteiger partial charge in [-0.2, -0.15) is 5.10 Å². The van der Waals surface area contributed by atoms with Crippen LogP contribution in [0.25, 0.3) is 0 Å². The Labute approximate surface area is 114 Å². The van der Waals surface area contributed by atoms with E-state index in [9.17, 15) is 4.79 Å². The zero-order chi connectivity index (χ0) is 13.4. The molecule has 0 saturated carbocycles. The Morgan fingerprint density at radius 1 is 1.53 bits per heavy atom. The van der Waals surface area contributed by atoms with E-state index in [-0.39, 0.29) is 12.5 Å². The molecule has 0 aliphatic carbocycles. The zero-order valence-electron chi connectivity index (χ0n) is 10.2. The van der Waals surface area contributed by atoms with Crippen LogP contribution in [0.3, 0.4) is 0 Å². The van der Waals surface area contributed by atoms with Gasteiger partial charge in [0.1, 0.15) is 4.88 Å². The molecular weight excluding hydrogens is 264 g/mol. The molecule has 0 radical (unpaired) electrons. The molecule has 0 atom stereocenters. The molecule has 6 nitrogen and oxygen atoms in total. The molecule has 2 aromatic rings. The number of carbonyl (C=O) groups is 1. The van der Waals surface area contributed by atoms with Gasteiger partial charge in [0.25, 0.3) is 5.91 Å². The van der Waals surface area contributed by atoms with Crippen molar-refractivity contribution in [2.24, 2.45) is 0 Å². The number of aliphatic hydroxyl groups is 1. The summed E-state index contributed by atoms with van der Waals surface area (Å²) in [6.45, 7) is 1.68. The van der Waals surface area contributed by atoms with Gasteiger partial charge in [0.15, 0.2) is 0 Å². The first-order valence-electron chi connectivity index (χ1n) is 5.97. The summed E-state index contributed by atoms with van der Waals surface area (Å²) in [7, 11) is 0. The van der Waals surface area contributed by atoms with E-state index in [2.05, 4.69) is 5.10 Å². The van der Waals surface area contributed by atoms with E-state index >= 15 is 0 Å². The number of hydrogen-bond acceptors (Lipinski definition) is 5. The molecule has 0 spiro atoms. The molecular formula is C12H14N4O2S. The number of aromatic nitrogens is 2. The van der Waals surface area contributed by atoms with Crippen LogP contribution in [0.5, 0.6) is 0 Å². The van der Waals surface area contributed by atoms with Crippen LogP contribution in [0.4, 0.5) is 5.69 Å². The lowest BCUT2D eigenvalue weighted by Gasteiger charge is -2.27. The number of nitrogens with two attached hydrogens (primary N) is 1. The number of thiophene rings is 1. The molecule has 0 saturated heterocycles. The fourth-order valence-electron chi connectivity index (χ4n) is 2.21. The van der Waals surface area contributed by atoms with Crippen molar-refractivity contribution >= 4 is 22.9 Å². The number of nitrogens with zero attached hydrogens (tertiary/aromatic N) is 3. The van der Waals surface area contributed by atoms with Crippen molar-refractivity contribution in [2.45, 2.75) is 19.7 Å². The van der Waals surface area contributed by atoms with E-state index in [0.29, 0.717) is 35.9 Å². The highest BCUT2D eigenvalue weighted by Crippen LogP contribution is 2.23. The second-order valence-corrected chi connectivity index (χ2v) is 5.36. The van der Waals surface area contributed by atoms with Crippen LogP contribution in [0.2, 0.25) is 0 Å². The Bertz CT molecular complexity index is 619. The predicted molar refractivity (Wildman–Crippen MR) is 71.6 cm³/mol. The maximum Gasteiger partial charge on any atom is 0.266 e. The minimum Gasteiger partial charge on any atom is -0.397 e. The minimum absolute atomic E-state index is 0.0366. The molecule has 19 heavy (non-hydrogen) atoms. The molecule has 0 bridgehead atoms. The fraction of sp³-hybridized carbons (Fsp3) is 0.333. The van der Waals surface area contributed by atoms with Crippen molar-refractivity contribution in [1.82, 2.24) is 14.7 Å². The summed E-state index contributed by atoms with van der Waals surface area (Å²) in [4.78, 5) is 14.7. The van der Waals surface area contributed by atoms with Crippen LogP contribution in [0.1, 0.15) is 21.1 Å². The highest BCUT2D eigenvalue weighted by atomic mass is 32.1. The lowest BCUT2D eigenvalue weighted by Crippen LogP contribution is -2.38. The van der Waals surface area contributed by atoms with Crippen molar-refractivity contribution in [3.8, 4) is 0 Å². The van der Waals surface area contributed by atoms with Gasteiger partial charge in [-0.3, -0.25) is 9.48 Å². The van der Waals surface area contributed by atoms with Crippen molar-refractivity contribution in [3.05, 3.63) is 33.8 Å². The molecule has 3 heterocycles. The first-order chi connectivity index (χ1) is 9.19. The summed E-state index contributed by atoms with van der Waals surface area (Å²) in [5.41, 5.74) is 7.90. The van der Waals surface area contributed by atoms with Crippen LogP contribution in [0.15, 0.2) is 17.5 Å². The van der Waals surface area contributed by atoms with Crippen LogP contribution < -0.4 is 5.73 Å². The Kier molecular flexibility index (Phi) is 3.00. The highest BCUT2D eigenvalue weighted by Gasteiger charge is 2.24. The third kappa shape index (κ3) is 2.11. The van der Waals surface area contributed by atoms with E-state index < -0.39 is 0 Å². The molecule has 7 heteroatoms. The number of rotatable bonds is 2. The molecule has 1 aliphatic rings. The van der Waals surface area contributed by atoms with Gasteiger partial charge in [-0.15, -0.1) is 11.3 Å². The summed E-state index contributed by atoms with van der Waals surface area (Å²) >= 11 is 1.36. The Morgan fingerprint density at radius 2 is 2.37 bits per heavy atom. The quantitative estimate of drug-likeness (QED) is 0.846. The third-order valence-electron chi connectivity index (χ3n) is 3.19. The molecule has 0 fully saturated rings. The van der Waals surface area contributed by atoms with E-state index in [1.54, 1.807) is 11.0 Å². The number of anilines is 1. The maximum atomic E-state index is 12.3. The second kappa shape index (κ2) is 4.67. The first kappa shape index (κ1) is 12.2. The van der Waals surface area contributed by atoms with E-state index in [1.165, 1.54) is 11.3 Å². The summed E-state index contributed by atoms with van der Waals surface area (Å²) < 4.78 is 1.84. The largest absolute Gasteiger partial charge is 0.397 e. The average Bonchev–Trinajstić information content (AvgIpc) is 3.02. The monoisotopic (exact) mass is 278 g/mol. The van der Waals surface area contributed by atoms with Crippen LogP contribution >= 0.6 is 11.3 Å². The normalized spacial score (nSPS) is 14.5. The Balaban J connectivity index is 1.82. The SMILES string of the molecule is Nc1ccsc1C(=O)N1CCn2nc(CO)cc2C1. The van der Waals surface area contributed by atoms with Crippen molar-refractivity contribution < 1.29 is 9.90 Å². The first-order valence-corrected chi connectivity index (χ1v) is 6.85. The van der Waals surface area contributed by atoms with E-state index in [4.69, 9.17) is 10.8 Å². The Morgan fingerprint density at radius 3 is 3.05 bits per heavy atom. The summed E-state index contributed by atoms with van der Waals surface area (Å²) in [6, 6.07) is 3.58. The lowest BCUT2D eigenvalue weighted by atomic mass is 10.2. The average molecular weight is 278 g/mol. The molecule has 3 N–H and O–H groups in total. The van der Waals surface area contributed by atoms with Gasteiger partial charge < -0.3 is 15.7 Å². The third-order valence-corrected chi connectivity index (χ3v) is 4.11.